The highest BCUT2D eigenvalue weighted by Gasteiger charge is 2.38. The van der Waals surface area contributed by atoms with E-state index >= 15 is 0 Å². The number of ether oxygens (including phenoxy) is 1. The van der Waals surface area contributed by atoms with Crippen LogP contribution in [0.25, 0.3) is 0 Å². The van der Waals surface area contributed by atoms with Gasteiger partial charge in [-0.05, 0) is 6.92 Å². The number of nitrogens with two attached hydrogens (primary N) is 1. The van der Waals surface area contributed by atoms with Gasteiger partial charge in [-0.15, -0.1) is 11.3 Å². The van der Waals surface area contributed by atoms with E-state index in [4.69, 9.17) is 10.5 Å². The lowest BCUT2D eigenvalue weighted by Gasteiger charge is -2.39. The van der Waals surface area contributed by atoms with Gasteiger partial charge in [0.1, 0.15) is 0 Å². The Bertz CT molecular complexity index is 288. The zero-order valence-corrected chi connectivity index (χ0v) is 8.56. The van der Waals surface area contributed by atoms with Crippen molar-refractivity contribution in [2.24, 2.45) is 11.1 Å². The Hall–Kier alpha value is -0.450. The first-order valence-electron chi connectivity index (χ1n) is 4.43. The monoisotopic (exact) mass is 198 g/mol. The highest BCUT2D eigenvalue weighted by Crippen LogP contribution is 2.31. The van der Waals surface area contributed by atoms with Crippen molar-refractivity contribution in [2.75, 3.05) is 19.8 Å². The van der Waals surface area contributed by atoms with Gasteiger partial charge in [0.15, 0.2) is 0 Å². The number of aromatic nitrogens is 1. The third kappa shape index (κ3) is 1.75. The van der Waals surface area contributed by atoms with Gasteiger partial charge in [-0.3, -0.25) is 0 Å². The summed E-state index contributed by atoms with van der Waals surface area (Å²) in [5.74, 6) is 0. The molecule has 2 rings (SSSR count). The van der Waals surface area contributed by atoms with Gasteiger partial charge >= 0.3 is 0 Å². The first-order valence-corrected chi connectivity index (χ1v) is 5.31. The molecular formula is C9H14N2OS. The predicted molar refractivity (Wildman–Crippen MR) is 52.9 cm³/mol. The van der Waals surface area contributed by atoms with Crippen LogP contribution >= 0.6 is 11.3 Å². The molecule has 1 aromatic heterocycles. The van der Waals surface area contributed by atoms with E-state index in [2.05, 4.69) is 10.4 Å². The summed E-state index contributed by atoms with van der Waals surface area (Å²) in [5.41, 5.74) is 7.01. The summed E-state index contributed by atoms with van der Waals surface area (Å²) in [6, 6.07) is 0. The standard InChI is InChI=1S/C9H14N2OS/c1-7-3-13-8(11-7)2-9(4-10)5-12-6-9/h3H,2,4-6,10H2,1H3. The fourth-order valence-electron chi connectivity index (χ4n) is 1.49. The van der Waals surface area contributed by atoms with Gasteiger partial charge in [-0.2, -0.15) is 0 Å². The zero-order chi connectivity index (χ0) is 9.31. The van der Waals surface area contributed by atoms with Crippen LogP contribution < -0.4 is 5.73 Å². The maximum absolute atomic E-state index is 5.72. The van der Waals surface area contributed by atoms with Crippen LogP contribution in [0.4, 0.5) is 0 Å². The van der Waals surface area contributed by atoms with Gasteiger partial charge < -0.3 is 10.5 Å². The molecule has 0 amide bonds. The molecular weight excluding hydrogens is 184 g/mol. The van der Waals surface area contributed by atoms with E-state index in [0.29, 0.717) is 6.54 Å². The summed E-state index contributed by atoms with van der Waals surface area (Å²) >= 11 is 1.72. The lowest BCUT2D eigenvalue weighted by Crippen LogP contribution is -2.49. The summed E-state index contributed by atoms with van der Waals surface area (Å²) in [4.78, 5) is 4.43. The molecule has 0 unspecified atom stereocenters. The van der Waals surface area contributed by atoms with Crippen LogP contribution in [-0.4, -0.2) is 24.7 Å². The molecule has 4 heteroatoms. The second kappa shape index (κ2) is 3.36. The summed E-state index contributed by atoms with van der Waals surface area (Å²) in [6.45, 7) is 4.31. The SMILES string of the molecule is Cc1csc(CC2(CN)COC2)n1. The van der Waals surface area contributed by atoms with Crippen molar-refractivity contribution in [2.45, 2.75) is 13.3 Å². The average Bonchev–Trinajstić information content (AvgIpc) is 2.44. The quantitative estimate of drug-likeness (QED) is 0.787. The van der Waals surface area contributed by atoms with Crippen LogP contribution in [0.5, 0.6) is 0 Å². The van der Waals surface area contributed by atoms with Crippen LogP contribution in [0.3, 0.4) is 0 Å². The molecule has 2 heterocycles. The number of nitrogens with zero attached hydrogens (tertiary/aromatic N) is 1. The van der Waals surface area contributed by atoms with Gasteiger partial charge in [0, 0.05) is 29.5 Å². The van der Waals surface area contributed by atoms with Crippen molar-refractivity contribution in [1.82, 2.24) is 4.98 Å². The number of hydrogen-bond donors (Lipinski definition) is 1. The van der Waals surface area contributed by atoms with E-state index < -0.39 is 0 Å². The molecule has 0 atom stereocenters. The van der Waals surface area contributed by atoms with Gasteiger partial charge in [0.2, 0.25) is 0 Å². The molecule has 0 radical (unpaired) electrons. The lowest BCUT2D eigenvalue weighted by atomic mass is 9.83. The number of thiazole rings is 1. The summed E-state index contributed by atoms with van der Waals surface area (Å²) in [7, 11) is 0. The molecule has 0 aromatic carbocycles. The molecule has 0 bridgehead atoms. The van der Waals surface area contributed by atoms with Crippen molar-refractivity contribution >= 4 is 11.3 Å². The summed E-state index contributed by atoms with van der Waals surface area (Å²) < 4.78 is 5.20. The normalized spacial score (nSPS) is 19.8. The molecule has 0 spiro atoms. The summed E-state index contributed by atoms with van der Waals surface area (Å²) in [5, 5.41) is 3.27. The first kappa shape index (κ1) is 9.12. The molecule has 1 aromatic rings. The van der Waals surface area contributed by atoms with Crippen LogP contribution in [0.15, 0.2) is 5.38 Å². The van der Waals surface area contributed by atoms with Gasteiger partial charge in [0.05, 0.1) is 18.2 Å². The molecule has 1 saturated heterocycles. The van der Waals surface area contributed by atoms with E-state index in [1.807, 2.05) is 6.92 Å². The molecule has 3 nitrogen and oxygen atoms in total. The first-order chi connectivity index (χ1) is 6.24. The van der Waals surface area contributed by atoms with Crippen LogP contribution in [0, 0.1) is 12.3 Å². The Balaban J connectivity index is 2.04. The van der Waals surface area contributed by atoms with Crippen molar-refractivity contribution < 1.29 is 4.74 Å². The van der Waals surface area contributed by atoms with Crippen LogP contribution in [0.2, 0.25) is 0 Å². The molecule has 0 saturated carbocycles. The van der Waals surface area contributed by atoms with E-state index in [1.165, 1.54) is 5.01 Å². The Morgan fingerprint density at radius 3 is 2.85 bits per heavy atom. The molecule has 1 aliphatic heterocycles. The Morgan fingerprint density at radius 1 is 1.69 bits per heavy atom. The third-order valence-corrected chi connectivity index (χ3v) is 3.41. The van der Waals surface area contributed by atoms with Gasteiger partial charge in [0.25, 0.3) is 0 Å². The van der Waals surface area contributed by atoms with Crippen molar-refractivity contribution in [1.29, 1.82) is 0 Å². The van der Waals surface area contributed by atoms with E-state index in [0.717, 1.165) is 25.3 Å². The van der Waals surface area contributed by atoms with Crippen LogP contribution in [-0.2, 0) is 11.2 Å². The smallest absolute Gasteiger partial charge is 0.0935 e. The predicted octanol–water partition coefficient (Wildman–Crippen LogP) is 0.969. The molecule has 2 N–H and O–H groups in total. The number of aryl methyl sites for hydroxylation is 1. The zero-order valence-electron chi connectivity index (χ0n) is 7.75. The van der Waals surface area contributed by atoms with E-state index in [9.17, 15) is 0 Å². The van der Waals surface area contributed by atoms with Crippen molar-refractivity contribution in [3.05, 3.63) is 16.1 Å². The van der Waals surface area contributed by atoms with Crippen molar-refractivity contribution in [3.63, 3.8) is 0 Å². The largest absolute Gasteiger partial charge is 0.380 e. The number of hydrogen-bond acceptors (Lipinski definition) is 4. The molecule has 72 valence electrons. The summed E-state index contributed by atoms with van der Waals surface area (Å²) in [6.07, 6.45) is 0.974. The molecule has 0 aliphatic carbocycles. The average molecular weight is 198 g/mol. The topological polar surface area (TPSA) is 48.1 Å². The maximum atomic E-state index is 5.72. The minimum absolute atomic E-state index is 0.185. The van der Waals surface area contributed by atoms with Gasteiger partial charge in [-0.25, -0.2) is 4.98 Å². The lowest BCUT2D eigenvalue weighted by molar-refractivity contribution is -0.106. The molecule has 1 aliphatic rings. The highest BCUT2D eigenvalue weighted by molar-refractivity contribution is 7.09. The minimum atomic E-state index is 0.185. The Morgan fingerprint density at radius 2 is 2.46 bits per heavy atom. The molecule has 13 heavy (non-hydrogen) atoms. The second-order valence-corrected chi connectivity index (χ2v) is 4.70. The Labute approximate surface area is 81.9 Å². The Kier molecular flexibility index (Phi) is 2.36. The second-order valence-electron chi connectivity index (χ2n) is 3.76. The van der Waals surface area contributed by atoms with Crippen molar-refractivity contribution in [3.8, 4) is 0 Å². The van der Waals surface area contributed by atoms with Gasteiger partial charge in [-0.1, -0.05) is 0 Å². The molecule has 1 fully saturated rings. The maximum Gasteiger partial charge on any atom is 0.0935 e. The van der Waals surface area contributed by atoms with Crippen LogP contribution in [0.1, 0.15) is 10.7 Å². The number of rotatable bonds is 3. The van der Waals surface area contributed by atoms with E-state index in [-0.39, 0.29) is 5.41 Å². The van der Waals surface area contributed by atoms with E-state index in [1.54, 1.807) is 11.3 Å². The fraction of sp³-hybridized carbons (Fsp3) is 0.667. The third-order valence-electron chi connectivity index (χ3n) is 2.44. The minimum Gasteiger partial charge on any atom is -0.380 e. The highest BCUT2D eigenvalue weighted by atomic mass is 32.1. The fourth-order valence-corrected chi connectivity index (χ4v) is 2.43.